The molecule has 12 rings (SSSR count). The number of carbonyl (C=O) groups excluding carboxylic acids is 4. The number of benzene rings is 4. The van der Waals surface area contributed by atoms with Gasteiger partial charge in [-0.25, -0.2) is 0 Å². The fourth-order valence-electron chi connectivity index (χ4n) is 13.6. The number of hydrogen-bond donors (Lipinski definition) is 4. The van der Waals surface area contributed by atoms with E-state index in [-0.39, 0.29) is 92.6 Å². The summed E-state index contributed by atoms with van der Waals surface area (Å²) in [7, 11) is 1.60. The van der Waals surface area contributed by atoms with Crippen LogP contribution in [0.5, 0.6) is 46.0 Å². The van der Waals surface area contributed by atoms with Crippen LogP contribution in [-0.2, 0) is 63.6 Å². The number of methoxy groups -OCH3 is 8. The van der Waals surface area contributed by atoms with E-state index in [2.05, 4.69) is 0 Å². The first kappa shape index (κ1) is 53.2. The van der Waals surface area contributed by atoms with Crippen molar-refractivity contribution in [2.45, 2.75) is 260 Å². The lowest BCUT2D eigenvalue weighted by Gasteiger charge is -2.47. The highest BCUT2D eigenvalue weighted by atomic mass is 16.6. The van der Waals surface area contributed by atoms with Gasteiger partial charge in [-0.3, -0.25) is 38.8 Å². The number of aryl methyl sites for hydroxylation is 4. The van der Waals surface area contributed by atoms with Crippen molar-refractivity contribution >= 4 is 23.9 Å². The second-order valence-corrected chi connectivity index (χ2v) is 33.0. The van der Waals surface area contributed by atoms with E-state index >= 15 is 0 Å². The van der Waals surface area contributed by atoms with E-state index in [9.17, 15) is 35.6 Å². The zero-order chi connectivity index (χ0) is 125. The van der Waals surface area contributed by atoms with E-state index in [0.29, 0.717) is 19.6 Å². The fraction of sp³-hybridized carbons (Fsp3) is 0.708. The molecule has 0 saturated carbocycles. The van der Waals surface area contributed by atoms with Gasteiger partial charge in [-0.15, -0.1) is 0 Å². The van der Waals surface area contributed by atoms with E-state index in [1.165, 1.54) is 52.7 Å². The molecular formula is C96H152N8O16. The molecule has 16 atom stereocenters. The molecule has 12 unspecified atom stereocenters. The number of fused-ring (bicyclic) bond motifs is 12. The topological polar surface area (TPSA) is 296 Å². The van der Waals surface area contributed by atoms with Gasteiger partial charge in [0.1, 0.15) is 48.6 Å². The van der Waals surface area contributed by atoms with Gasteiger partial charge in [0.05, 0.1) is 65.0 Å². The Morgan fingerprint density at radius 1 is 0.333 bits per heavy atom. The van der Waals surface area contributed by atoms with Crippen LogP contribution < -0.4 is 60.8 Å². The lowest BCUT2D eigenvalue weighted by molar-refractivity contribution is -0.161. The molecule has 4 aromatic carbocycles. The molecule has 0 aromatic heterocycles. The predicted molar refractivity (Wildman–Crippen MR) is 471 cm³/mol. The van der Waals surface area contributed by atoms with Crippen molar-refractivity contribution in [2.24, 2.45) is 93.9 Å². The monoisotopic (exact) mass is 1720 g/mol. The highest BCUT2D eigenvalue weighted by Gasteiger charge is 2.47. The maximum absolute atomic E-state index is 13.1. The van der Waals surface area contributed by atoms with Gasteiger partial charge in [-0.2, -0.15) is 0 Å². The zero-order valence-electron chi connectivity index (χ0n) is 115. The Morgan fingerprint density at radius 2 is 0.517 bits per heavy atom. The first-order valence-electron chi connectivity index (χ1n) is 61.2. The average Bonchev–Trinajstić information content (AvgIpc) is 0.674. The molecule has 0 amide bonds. The Bertz CT molecular complexity index is 5710. The number of rotatable bonds is 28. The Kier molecular flexibility index (Phi) is 19.5. The smallest absolute Gasteiger partial charge is 0.323 e. The summed E-state index contributed by atoms with van der Waals surface area (Å²) in [5.74, 6) is -19.0. The maximum Gasteiger partial charge on any atom is 0.323 e. The Labute approximate surface area is 777 Å². The van der Waals surface area contributed by atoms with Gasteiger partial charge >= 0.3 is 23.9 Å². The van der Waals surface area contributed by atoms with E-state index in [1.807, 2.05) is 0 Å². The van der Waals surface area contributed by atoms with Crippen LogP contribution in [0.4, 0.5) is 0 Å². The summed E-state index contributed by atoms with van der Waals surface area (Å²) in [6.07, 6.45) is -33.0. The molecule has 24 nitrogen and oxygen atoms in total. The summed E-state index contributed by atoms with van der Waals surface area (Å²) in [5, 5.41) is 0. The molecule has 8 N–H and O–H groups in total. The third kappa shape index (κ3) is 23.8. The van der Waals surface area contributed by atoms with Crippen molar-refractivity contribution in [1.29, 1.82) is 0 Å². The minimum Gasteiger partial charge on any atom is -0.493 e. The normalized spacial score (nSPS) is 39.5. The van der Waals surface area contributed by atoms with E-state index < -0.39 is 308 Å². The summed E-state index contributed by atoms with van der Waals surface area (Å²) in [6, 6.07) is -3.49. The predicted octanol–water partition coefficient (Wildman–Crippen LogP) is 14.3. The Morgan fingerprint density at radius 3 is 0.683 bits per heavy atom. The molecule has 8 heterocycles. The van der Waals surface area contributed by atoms with Gasteiger partial charge in [-0.05, 0) is 192 Å². The molecule has 4 aromatic rings. The maximum atomic E-state index is 13.1. The van der Waals surface area contributed by atoms with Gasteiger partial charge in [0.2, 0.25) is 0 Å². The van der Waals surface area contributed by atoms with Crippen molar-refractivity contribution in [3.8, 4) is 46.0 Å². The largest absolute Gasteiger partial charge is 0.493 e. The number of carbonyl (C=O) groups is 4. The first-order chi connectivity index (χ1) is 72.8. The van der Waals surface area contributed by atoms with E-state index in [4.69, 9.17) is 121 Å². The van der Waals surface area contributed by atoms with Crippen molar-refractivity contribution in [1.82, 2.24) is 19.6 Å². The average molecular weight is 1720 g/mol. The molecule has 8 aliphatic rings. The van der Waals surface area contributed by atoms with Gasteiger partial charge in [0.15, 0.2) is 46.0 Å². The van der Waals surface area contributed by atoms with Crippen molar-refractivity contribution in [2.75, 3.05) is 109 Å². The lowest BCUT2D eigenvalue weighted by atomic mass is 9.79. The summed E-state index contributed by atoms with van der Waals surface area (Å²) < 4.78 is 435. The summed E-state index contributed by atoms with van der Waals surface area (Å²) in [5.41, 5.74) is 21.5. The van der Waals surface area contributed by atoms with Crippen molar-refractivity contribution in [3.63, 3.8) is 0 Å². The van der Waals surface area contributed by atoms with E-state index in [0.717, 1.165) is 38.5 Å². The second-order valence-electron chi connectivity index (χ2n) is 33.0. The van der Waals surface area contributed by atoms with Crippen LogP contribution in [-0.4, -0.2) is 201 Å². The molecule has 4 saturated heterocycles. The van der Waals surface area contributed by atoms with Gasteiger partial charge in [0, 0.05) is 175 Å². The van der Waals surface area contributed by atoms with Crippen LogP contribution in [0.25, 0.3) is 0 Å². The standard InChI is InChI=1S/4C24H38N2O4/c4*1-14(2)9-17-13-26-8-7-16-10-21(28-5)22(29-6)11-18(16)19(26)12-20(17)30-24(27)23(25)15(3)4/h4*10-11,14-15,17,19-20,23H,7-9,12-13,25H2,1-6H3/t4*17?,19?,20?,23-/m0000/s1/i2*5D3,7D2,8D2,12D2,13D2,17D;2*7D2,8D2,12D2,13D2,17D. The SMILES string of the molecule is [2H]C([2H])([2H])Oc1cc2c(cc1OC)C1N(C([2H])([2H])C2([2H])[2H])C([2H])([2H])C([2H])(CC(C)C)C(OC(=O)[C@@H](N)C(C)C)C1([2H])[2H].[2H]C([2H])([2H])Oc1cc2c(cc1OC)C1N(C([2H])([2H])C2([2H])[2H])C([2H])([2H])C([2H])(CC(C)C)C(OC(=O)[C@@H](N)C(C)C)C1([2H])[2H].[2H]C1([2H])C2c3cc(OC)c(OC)cc3C([2H])([2H])C([2H])([2H])N2C([2H])([2H])C([2H])(CC(C)C)C1OC(=O)[C@@H](N)C(C)C.[2H]C1([2H])C2c3cc(OC)c(OC)cc3C([2H])([2H])C([2H])([2H])N2C([2H])([2H])C([2H])(CC(C)C)C1OC(=O)[C@@H](N)C(C)C. The number of nitrogens with zero attached hydrogens (tertiary/aromatic N) is 4. The van der Waals surface area contributed by atoms with Gasteiger partial charge in [-0.1, -0.05) is 111 Å². The van der Waals surface area contributed by atoms with Gasteiger partial charge in [0.25, 0.3) is 0 Å². The number of piperidine rings is 4. The summed E-state index contributed by atoms with van der Waals surface area (Å²) in [4.78, 5) is 53.9. The highest BCUT2D eigenvalue weighted by Crippen LogP contribution is 2.50. The molecule has 4 fully saturated rings. The molecule has 24 heteroatoms. The van der Waals surface area contributed by atoms with Crippen LogP contribution in [0.1, 0.15) is 288 Å². The quantitative estimate of drug-likeness (QED) is 0.0303. The van der Waals surface area contributed by atoms with Crippen molar-refractivity contribution < 1.29 is 134 Å². The zero-order valence-corrected chi connectivity index (χ0v) is 72.6. The first-order valence-corrected chi connectivity index (χ1v) is 40.2. The fourth-order valence-corrected chi connectivity index (χ4v) is 13.6. The Hall–Kier alpha value is -7.16. The number of hydrogen-bond acceptors (Lipinski definition) is 24. The molecule has 672 valence electrons. The molecule has 0 spiro atoms. The van der Waals surface area contributed by atoms with Crippen LogP contribution in [0, 0.1) is 70.9 Å². The summed E-state index contributed by atoms with van der Waals surface area (Å²) >= 11 is 0. The third-order valence-corrected chi connectivity index (χ3v) is 20.4. The molecule has 8 aliphatic heterocycles. The number of esters is 4. The third-order valence-electron chi connectivity index (χ3n) is 20.4. The van der Waals surface area contributed by atoms with Crippen LogP contribution in [0.3, 0.4) is 0 Å². The minimum atomic E-state index is -3.31. The summed E-state index contributed by atoms with van der Waals surface area (Å²) in [6.45, 7) is 1.27. The van der Waals surface area contributed by atoms with Crippen molar-refractivity contribution in [3.05, 3.63) is 93.0 Å². The van der Waals surface area contributed by atoms with Crippen LogP contribution in [0.2, 0.25) is 0 Å². The molecule has 0 radical (unpaired) electrons. The molecule has 120 heavy (non-hydrogen) atoms. The molecule has 0 bridgehead atoms. The minimum absolute atomic E-state index is 0.0734. The Balaban J connectivity index is 0.000000238. The van der Waals surface area contributed by atoms with Crippen LogP contribution >= 0.6 is 0 Å². The number of nitrogens with two attached hydrogens (primary N) is 4. The number of ether oxygens (including phenoxy) is 12. The molecule has 0 aliphatic carbocycles. The van der Waals surface area contributed by atoms with Gasteiger partial charge < -0.3 is 79.8 Å². The lowest BCUT2D eigenvalue weighted by Crippen LogP contribution is -2.51. The second kappa shape index (κ2) is 43.9. The van der Waals surface area contributed by atoms with Crippen LogP contribution in [0.15, 0.2) is 48.5 Å². The van der Waals surface area contributed by atoms with E-state index in [1.54, 1.807) is 111 Å². The highest BCUT2D eigenvalue weighted by molar-refractivity contribution is 5.77. The molecular weight excluding hydrogens is 1520 g/mol.